The maximum atomic E-state index is 15.2. The van der Waals surface area contributed by atoms with Gasteiger partial charge >= 0.3 is 0 Å². The quantitative estimate of drug-likeness (QED) is 0.180. The Balaban J connectivity index is 1.11. The van der Waals surface area contributed by atoms with Crippen LogP contribution in [-0.2, 0) is 28.9 Å². The van der Waals surface area contributed by atoms with E-state index in [-0.39, 0.29) is 18.7 Å². The van der Waals surface area contributed by atoms with E-state index in [0.29, 0.717) is 47.7 Å². The smallest absolute Gasteiger partial charge is 0.236 e. The molecule has 0 radical (unpaired) electrons. The molecule has 0 fully saturated rings. The van der Waals surface area contributed by atoms with E-state index in [4.69, 9.17) is 10.5 Å². The maximum Gasteiger partial charge on any atom is 0.236 e. The Kier molecular flexibility index (Phi) is 11.1. The maximum absolute atomic E-state index is 15.2. The lowest BCUT2D eigenvalue weighted by Gasteiger charge is -2.38. The van der Waals surface area contributed by atoms with Gasteiger partial charge in [-0.2, -0.15) is 16.9 Å². The van der Waals surface area contributed by atoms with Gasteiger partial charge in [-0.15, -0.1) is 14.1 Å². The van der Waals surface area contributed by atoms with E-state index < -0.39 is 16.7 Å². The van der Waals surface area contributed by atoms with Crippen LogP contribution < -0.4 is 25.3 Å². The van der Waals surface area contributed by atoms with Gasteiger partial charge in [0.25, 0.3) is 0 Å². The second kappa shape index (κ2) is 15.0. The van der Waals surface area contributed by atoms with Crippen molar-refractivity contribution >= 4 is 55.9 Å². The third-order valence-corrected chi connectivity index (χ3v) is 9.30. The van der Waals surface area contributed by atoms with E-state index in [0.717, 1.165) is 28.3 Å². The number of nitrogens with two attached hydrogens (primary N) is 1. The lowest BCUT2D eigenvalue weighted by Crippen LogP contribution is -2.44. The van der Waals surface area contributed by atoms with Gasteiger partial charge in [0, 0.05) is 12.8 Å². The Morgan fingerprint density at radius 3 is 2.45 bits per heavy atom. The molecule has 0 saturated heterocycles. The summed E-state index contributed by atoms with van der Waals surface area (Å²) in [7, 11) is -3.10. The van der Waals surface area contributed by atoms with Gasteiger partial charge in [-0.25, -0.2) is 4.83 Å². The van der Waals surface area contributed by atoms with Crippen LogP contribution in [0.15, 0.2) is 59.7 Å². The van der Waals surface area contributed by atoms with Crippen LogP contribution in [-0.4, -0.2) is 51.7 Å². The van der Waals surface area contributed by atoms with E-state index >= 15 is 3.89 Å². The summed E-state index contributed by atoms with van der Waals surface area (Å²) in [6.45, 7) is 1.10. The fourth-order valence-corrected chi connectivity index (χ4v) is 6.80. The number of hydrogen-bond acceptors (Lipinski definition) is 10. The van der Waals surface area contributed by atoms with Crippen molar-refractivity contribution in [3.8, 4) is 5.75 Å². The molecule has 0 aliphatic carbocycles. The summed E-state index contributed by atoms with van der Waals surface area (Å²) in [6.07, 6.45) is 2.21. The molecule has 2 heterocycles. The number of amides is 2. The van der Waals surface area contributed by atoms with Crippen molar-refractivity contribution in [2.45, 2.75) is 32.1 Å². The van der Waals surface area contributed by atoms with Crippen LogP contribution in [0.3, 0.4) is 0 Å². The number of nitrogens with one attached hydrogen (secondary N) is 3. The molecule has 1 aliphatic heterocycles. The molecule has 2 amide bonds. The number of nitrogens with zero attached hydrogens (tertiary/aromatic N) is 3. The first kappa shape index (κ1) is 29.8. The number of thioether (sulfide) groups is 1. The molecule has 3 aromatic rings. The molecule has 14 heteroatoms. The summed E-state index contributed by atoms with van der Waals surface area (Å²) in [6, 6.07) is 16.6. The molecule has 0 spiro atoms. The molecule has 2 aromatic carbocycles. The predicted octanol–water partition coefficient (Wildman–Crippen LogP) is 3.91. The molecule has 1 unspecified atom stereocenters. The van der Waals surface area contributed by atoms with Crippen LogP contribution >= 0.6 is 33.9 Å². The summed E-state index contributed by atoms with van der Waals surface area (Å²) < 4.78 is 23.2. The van der Waals surface area contributed by atoms with E-state index in [2.05, 4.69) is 30.2 Å². The molecule has 1 aromatic heterocycles. The molecule has 0 bridgehead atoms. The zero-order chi connectivity index (χ0) is 28.2. The third kappa shape index (κ3) is 9.18. The average Bonchev–Trinajstić information content (AvgIpc) is 3.38. The molecule has 10 nitrogen and oxygen atoms in total. The van der Waals surface area contributed by atoms with Gasteiger partial charge in [0.15, 0.2) is 0 Å². The second-order valence-electron chi connectivity index (χ2n) is 8.80. The highest BCUT2D eigenvalue weighted by atomic mass is 32.3. The standard InChI is InChI=1S/C26H32FN7O3S3/c27-40(33-23(36)18-20-7-9-21(10-8-20)37-14-4-13-28)25(31-34-40)12-16-38-15-11-24-30-32-26(39-24)29-22(35)17-19-5-2-1-3-6-19/h1-3,5-10,34H,4,11-18,28H2,(H,33,36)(H,29,32,35). The summed E-state index contributed by atoms with van der Waals surface area (Å²) in [5.74, 6) is 1.57. The zero-order valence-electron chi connectivity index (χ0n) is 21.8. The van der Waals surface area contributed by atoms with Crippen LogP contribution in [0.5, 0.6) is 5.75 Å². The first-order chi connectivity index (χ1) is 19.4. The van der Waals surface area contributed by atoms with Gasteiger partial charge in [-0.3, -0.25) is 14.3 Å². The number of rotatable bonds is 16. The number of aryl methyl sites for hydroxylation is 1. The summed E-state index contributed by atoms with van der Waals surface area (Å²) in [4.78, 5) is 27.0. The summed E-state index contributed by atoms with van der Waals surface area (Å²) in [5, 5.41) is 16.6. The minimum absolute atomic E-state index is 0.0575. The topological polar surface area (TPSA) is 144 Å². The number of benzene rings is 2. The molecule has 4 rings (SSSR count). The number of halogens is 1. The highest BCUT2D eigenvalue weighted by Crippen LogP contribution is 2.49. The number of ether oxygens (including phenoxy) is 1. The normalized spacial score (nSPS) is 17.5. The molecule has 1 atom stereocenters. The second-order valence-corrected chi connectivity index (χ2v) is 13.0. The minimum Gasteiger partial charge on any atom is -0.494 e. The van der Waals surface area contributed by atoms with Crippen molar-refractivity contribution < 1.29 is 18.2 Å². The van der Waals surface area contributed by atoms with E-state index in [9.17, 15) is 9.59 Å². The predicted molar refractivity (Wildman–Crippen MR) is 161 cm³/mol. The molecular weight excluding hydrogens is 574 g/mol. The minimum atomic E-state index is -3.10. The average molecular weight is 606 g/mol. The Labute approximate surface area is 242 Å². The Hall–Kier alpha value is -3.20. The zero-order valence-corrected chi connectivity index (χ0v) is 24.3. The van der Waals surface area contributed by atoms with Crippen molar-refractivity contribution in [2.75, 3.05) is 30.0 Å². The van der Waals surface area contributed by atoms with E-state index in [1.807, 2.05) is 30.3 Å². The molecule has 40 heavy (non-hydrogen) atoms. The van der Waals surface area contributed by atoms with Gasteiger partial charge in [0.05, 0.1) is 19.4 Å². The van der Waals surface area contributed by atoms with Crippen LogP contribution in [0.4, 0.5) is 9.02 Å². The van der Waals surface area contributed by atoms with Crippen molar-refractivity contribution in [1.82, 2.24) is 19.8 Å². The number of hydrazone groups is 1. The van der Waals surface area contributed by atoms with Crippen molar-refractivity contribution in [2.24, 2.45) is 10.8 Å². The molecular formula is C26H32FN7O3S3. The van der Waals surface area contributed by atoms with Gasteiger partial charge in [-0.05, 0) is 47.7 Å². The highest BCUT2D eigenvalue weighted by Gasteiger charge is 2.38. The monoisotopic (exact) mass is 605 g/mol. The molecule has 214 valence electrons. The first-order valence-corrected chi connectivity index (χ1v) is 16.3. The lowest BCUT2D eigenvalue weighted by molar-refractivity contribution is -0.118. The third-order valence-electron chi connectivity index (χ3n) is 5.62. The van der Waals surface area contributed by atoms with Gasteiger partial charge in [-0.1, -0.05) is 53.8 Å². The Bertz CT molecular complexity index is 1290. The highest BCUT2D eigenvalue weighted by molar-refractivity contribution is 8.40. The van der Waals surface area contributed by atoms with Crippen LogP contribution in [0.25, 0.3) is 0 Å². The number of carbonyl (C=O) groups is 2. The first-order valence-electron chi connectivity index (χ1n) is 12.8. The van der Waals surface area contributed by atoms with Gasteiger partial charge < -0.3 is 15.8 Å². The molecule has 5 N–H and O–H groups in total. The van der Waals surface area contributed by atoms with Crippen molar-refractivity contribution in [3.05, 3.63) is 70.7 Å². The Morgan fingerprint density at radius 1 is 1.00 bits per heavy atom. The fourth-order valence-electron chi connectivity index (χ4n) is 3.59. The summed E-state index contributed by atoms with van der Waals surface area (Å²) >= 11 is 2.99. The van der Waals surface area contributed by atoms with Gasteiger partial charge in [0.1, 0.15) is 26.6 Å². The fraction of sp³-hybridized carbons (Fsp3) is 0.346. The van der Waals surface area contributed by atoms with Gasteiger partial charge in [0.2, 0.25) is 16.9 Å². The number of anilines is 1. The summed E-state index contributed by atoms with van der Waals surface area (Å²) in [5.41, 5.74) is 7.15. The van der Waals surface area contributed by atoms with Crippen molar-refractivity contribution in [1.29, 1.82) is 0 Å². The van der Waals surface area contributed by atoms with E-state index in [1.54, 1.807) is 36.0 Å². The van der Waals surface area contributed by atoms with Crippen molar-refractivity contribution in [3.63, 3.8) is 0 Å². The largest absolute Gasteiger partial charge is 0.494 e. The lowest BCUT2D eigenvalue weighted by atomic mass is 10.1. The Morgan fingerprint density at radius 2 is 1.73 bits per heavy atom. The molecule has 0 saturated carbocycles. The number of carbonyl (C=O) groups excluding carboxylic acids is 2. The number of hydrogen-bond donors (Lipinski definition) is 4. The molecule has 1 aliphatic rings. The van der Waals surface area contributed by atoms with E-state index in [1.165, 1.54) is 11.3 Å². The van der Waals surface area contributed by atoms with Crippen LogP contribution in [0.1, 0.15) is 29.0 Å². The van der Waals surface area contributed by atoms with Crippen LogP contribution in [0, 0.1) is 0 Å². The SMILES string of the molecule is NCCCOc1ccc(CC(=O)NS2(F)NN=C2CCSCCc2nnc(NC(=O)Cc3ccccc3)s2)cc1. The van der Waals surface area contributed by atoms with Crippen LogP contribution in [0.2, 0.25) is 0 Å². The number of aromatic nitrogens is 2.